The minimum absolute atomic E-state index is 0.0666. The number of sulfonamides is 1. The van der Waals surface area contributed by atoms with Gasteiger partial charge in [0.15, 0.2) is 0 Å². The number of carbonyl (C=O) groups excluding carboxylic acids is 1. The van der Waals surface area contributed by atoms with Gasteiger partial charge in [-0.1, -0.05) is 24.6 Å². The Morgan fingerprint density at radius 1 is 1.30 bits per heavy atom. The Balaban J connectivity index is 1.59. The second-order valence-electron chi connectivity index (χ2n) is 6.59. The summed E-state index contributed by atoms with van der Waals surface area (Å²) in [4.78, 5) is 12.4. The molecule has 0 saturated carbocycles. The largest absolute Gasteiger partial charge is 0.326 e. The lowest BCUT2D eigenvalue weighted by molar-refractivity contribution is -0.121. The fourth-order valence-corrected chi connectivity index (χ4v) is 6.32. The SMILES string of the molecule is C[C@H](C(=O)Nc1cccc(F)c1)C1CCN(S(=O)(=O)c2ccc(Cl)s2)CC1. The molecule has 1 aliphatic heterocycles. The average molecular weight is 431 g/mol. The Kier molecular flexibility index (Phi) is 6.20. The van der Waals surface area contributed by atoms with Crippen molar-refractivity contribution in [3.8, 4) is 0 Å². The van der Waals surface area contributed by atoms with E-state index in [-0.39, 0.29) is 22.0 Å². The van der Waals surface area contributed by atoms with E-state index in [1.807, 2.05) is 6.92 Å². The van der Waals surface area contributed by atoms with Gasteiger partial charge in [0.05, 0.1) is 4.34 Å². The van der Waals surface area contributed by atoms with Crippen molar-refractivity contribution in [3.63, 3.8) is 0 Å². The van der Waals surface area contributed by atoms with E-state index in [2.05, 4.69) is 5.32 Å². The lowest BCUT2D eigenvalue weighted by atomic mass is 9.85. The lowest BCUT2D eigenvalue weighted by Crippen LogP contribution is -2.41. The van der Waals surface area contributed by atoms with E-state index in [1.54, 1.807) is 12.1 Å². The fourth-order valence-electron chi connectivity index (χ4n) is 3.22. The van der Waals surface area contributed by atoms with E-state index in [9.17, 15) is 17.6 Å². The molecule has 2 heterocycles. The van der Waals surface area contributed by atoms with Gasteiger partial charge < -0.3 is 5.32 Å². The second kappa shape index (κ2) is 8.26. The smallest absolute Gasteiger partial charge is 0.252 e. The van der Waals surface area contributed by atoms with Crippen LogP contribution in [0.4, 0.5) is 10.1 Å². The van der Waals surface area contributed by atoms with E-state index in [0.717, 1.165) is 11.3 Å². The van der Waals surface area contributed by atoms with E-state index < -0.39 is 15.8 Å². The highest BCUT2D eigenvalue weighted by atomic mass is 35.5. The maximum Gasteiger partial charge on any atom is 0.252 e. The van der Waals surface area contributed by atoms with Crippen LogP contribution < -0.4 is 5.32 Å². The van der Waals surface area contributed by atoms with Crippen molar-refractivity contribution in [2.24, 2.45) is 11.8 Å². The molecule has 1 aromatic heterocycles. The summed E-state index contributed by atoms with van der Waals surface area (Å²) in [5.74, 6) is -0.828. The van der Waals surface area contributed by atoms with Crippen molar-refractivity contribution in [3.05, 3.63) is 46.6 Å². The number of benzene rings is 1. The van der Waals surface area contributed by atoms with Crippen LogP contribution in [0, 0.1) is 17.7 Å². The third-order valence-electron chi connectivity index (χ3n) is 4.85. The predicted molar refractivity (Wildman–Crippen MR) is 105 cm³/mol. The molecule has 2 aromatic rings. The fraction of sp³-hybridized carbons (Fsp3) is 0.389. The molecule has 1 aliphatic rings. The topological polar surface area (TPSA) is 66.5 Å². The molecule has 146 valence electrons. The minimum Gasteiger partial charge on any atom is -0.326 e. The molecule has 0 spiro atoms. The molecule has 3 rings (SSSR count). The Bertz CT molecular complexity index is 924. The molecule has 1 aromatic carbocycles. The van der Waals surface area contributed by atoms with Crippen LogP contribution in [-0.2, 0) is 14.8 Å². The number of rotatable bonds is 5. The van der Waals surface area contributed by atoms with Gasteiger partial charge in [0.2, 0.25) is 5.91 Å². The van der Waals surface area contributed by atoms with Gasteiger partial charge in [-0.25, -0.2) is 12.8 Å². The normalized spacial score (nSPS) is 17.6. The van der Waals surface area contributed by atoms with E-state index in [1.165, 1.54) is 28.6 Å². The number of nitrogens with one attached hydrogen (secondary N) is 1. The van der Waals surface area contributed by atoms with Crippen molar-refractivity contribution in [2.45, 2.75) is 24.0 Å². The summed E-state index contributed by atoms with van der Waals surface area (Å²) in [6.07, 6.45) is 1.19. The molecule has 0 bridgehead atoms. The van der Waals surface area contributed by atoms with Crippen molar-refractivity contribution in [1.29, 1.82) is 0 Å². The highest BCUT2D eigenvalue weighted by Gasteiger charge is 2.34. The van der Waals surface area contributed by atoms with Gasteiger partial charge in [0, 0.05) is 24.7 Å². The number of piperidine rings is 1. The summed E-state index contributed by atoms with van der Waals surface area (Å²) in [5, 5.41) is 2.73. The predicted octanol–water partition coefficient (Wildman–Crippen LogP) is 4.22. The number of nitrogens with zero attached hydrogens (tertiary/aromatic N) is 1. The quantitative estimate of drug-likeness (QED) is 0.772. The molecule has 27 heavy (non-hydrogen) atoms. The van der Waals surface area contributed by atoms with Crippen LogP contribution in [0.1, 0.15) is 19.8 Å². The van der Waals surface area contributed by atoms with Gasteiger partial charge in [-0.3, -0.25) is 4.79 Å². The zero-order valence-corrected chi connectivity index (χ0v) is 17.1. The Labute approximate surface area is 167 Å². The molecule has 1 atom stereocenters. The Morgan fingerprint density at radius 2 is 2.00 bits per heavy atom. The number of amides is 1. The zero-order valence-electron chi connectivity index (χ0n) is 14.7. The molecule has 1 fully saturated rings. The standard InChI is InChI=1S/C18H20ClFN2O3S2/c1-12(18(23)21-15-4-2-3-14(20)11-15)13-7-9-22(10-8-13)27(24,25)17-6-5-16(19)26-17/h2-6,11-13H,7-10H2,1H3,(H,21,23)/t12-/m0/s1. The van der Waals surface area contributed by atoms with E-state index in [4.69, 9.17) is 11.6 Å². The summed E-state index contributed by atoms with van der Waals surface area (Å²) in [6.45, 7) is 2.54. The number of hydrogen-bond donors (Lipinski definition) is 1. The molecule has 9 heteroatoms. The van der Waals surface area contributed by atoms with Crippen LogP contribution in [0.25, 0.3) is 0 Å². The molecule has 1 saturated heterocycles. The van der Waals surface area contributed by atoms with Crippen LogP contribution in [-0.4, -0.2) is 31.7 Å². The Hall–Kier alpha value is -1.48. The van der Waals surface area contributed by atoms with Gasteiger partial charge >= 0.3 is 0 Å². The minimum atomic E-state index is -3.54. The third-order valence-corrected chi connectivity index (χ3v) is 8.45. The van der Waals surface area contributed by atoms with Gasteiger partial charge in [-0.05, 0) is 49.1 Å². The van der Waals surface area contributed by atoms with Crippen molar-refractivity contribution < 1.29 is 17.6 Å². The number of anilines is 1. The molecule has 5 nitrogen and oxygen atoms in total. The molecule has 1 amide bonds. The van der Waals surface area contributed by atoms with Gasteiger partial charge in [-0.2, -0.15) is 4.31 Å². The lowest BCUT2D eigenvalue weighted by Gasteiger charge is -2.33. The van der Waals surface area contributed by atoms with Crippen LogP contribution in [0.3, 0.4) is 0 Å². The molecular formula is C18H20ClFN2O3S2. The third kappa shape index (κ3) is 4.68. The number of halogens is 2. The average Bonchev–Trinajstić information content (AvgIpc) is 3.08. The highest BCUT2D eigenvalue weighted by molar-refractivity contribution is 7.91. The van der Waals surface area contributed by atoms with Gasteiger partial charge in [0.1, 0.15) is 10.0 Å². The number of carbonyl (C=O) groups is 1. The molecule has 0 aliphatic carbocycles. The first-order chi connectivity index (χ1) is 12.8. The Morgan fingerprint density at radius 3 is 2.59 bits per heavy atom. The van der Waals surface area contributed by atoms with Crippen molar-refractivity contribution in [1.82, 2.24) is 4.31 Å². The van der Waals surface area contributed by atoms with Crippen LogP contribution in [0.5, 0.6) is 0 Å². The van der Waals surface area contributed by atoms with Gasteiger partial charge in [-0.15, -0.1) is 11.3 Å². The van der Waals surface area contributed by atoms with E-state index >= 15 is 0 Å². The number of hydrogen-bond acceptors (Lipinski definition) is 4. The molecule has 0 radical (unpaired) electrons. The molecule has 1 N–H and O–H groups in total. The number of thiophene rings is 1. The second-order valence-corrected chi connectivity index (χ2v) is 10.5. The van der Waals surface area contributed by atoms with Crippen LogP contribution in [0.2, 0.25) is 4.34 Å². The van der Waals surface area contributed by atoms with Crippen molar-refractivity contribution in [2.75, 3.05) is 18.4 Å². The van der Waals surface area contributed by atoms with E-state index in [0.29, 0.717) is 36.0 Å². The molecular weight excluding hydrogens is 411 g/mol. The van der Waals surface area contributed by atoms with Gasteiger partial charge in [0.25, 0.3) is 10.0 Å². The summed E-state index contributed by atoms with van der Waals surface area (Å²) in [7, 11) is -3.54. The molecule has 0 unspecified atom stereocenters. The maximum absolute atomic E-state index is 13.2. The monoisotopic (exact) mass is 430 g/mol. The first-order valence-corrected chi connectivity index (χ1v) is 11.2. The summed E-state index contributed by atoms with van der Waals surface area (Å²) in [5.41, 5.74) is 0.418. The first kappa shape index (κ1) is 20.3. The maximum atomic E-state index is 13.2. The first-order valence-electron chi connectivity index (χ1n) is 8.59. The van der Waals surface area contributed by atoms with Crippen LogP contribution in [0.15, 0.2) is 40.6 Å². The van der Waals surface area contributed by atoms with Crippen LogP contribution >= 0.6 is 22.9 Å². The van der Waals surface area contributed by atoms with Crippen molar-refractivity contribution >= 4 is 44.6 Å². The highest BCUT2D eigenvalue weighted by Crippen LogP contribution is 2.32. The summed E-state index contributed by atoms with van der Waals surface area (Å²) in [6, 6.07) is 8.85. The summed E-state index contributed by atoms with van der Waals surface area (Å²) < 4.78 is 40.7. The zero-order chi connectivity index (χ0) is 19.6. The summed E-state index contributed by atoms with van der Waals surface area (Å²) >= 11 is 6.89.